The third-order valence-corrected chi connectivity index (χ3v) is 6.30. The van der Waals surface area contributed by atoms with E-state index in [-0.39, 0.29) is 5.75 Å². The summed E-state index contributed by atoms with van der Waals surface area (Å²) in [6.45, 7) is -0.763. The minimum Gasteiger partial charge on any atom is -0.455 e. The van der Waals surface area contributed by atoms with Gasteiger partial charge in [-0.3, -0.25) is 19.5 Å². The van der Waals surface area contributed by atoms with Crippen LogP contribution >= 0.6 is 0 Å². The molecule has 2 aliphatic rings. The number of aliphatic hydroxyl groups is 5. The van der Waals surface area contributed by atoms with Crippen molar-refractivity contribution in [3.8, 4) is 5.75 Å². The molecule has 1 aromatic carbocycles. The zero-order valence-corrected chi connectivity index (χ0v) is 20.9. The smallest absolute Gasteiger partial charge is 0.397 e. The van der Waals surface area contributed by atoms with Crippen LogP contribution in [0.5, 0.6) is 5.75 Å². The fourth-order valence-electron chi connectivity index (χ4n) is 4.03. The molecule has 2 fully saturated rings. The van der Waals surface area contributed by atoms with E-state index in [1.54, 1.807) is 0 Å². The van der Waals surface area contributed by atoms with E-state index in [2.05, 4.69) is 9.50 Å². The van der Waals surface area contributed by atoms with Gasteiger partial charge in [-0.2, -0.15) is 8.42 Å². The number of aliphatic hydroxyl groups excluding tert-OH is 5. The Bertz CT molecular complexity index is 1120. The van der Waals surface area contributed by atoms with Crippen molar-refractivity contribution < 1.29 is 71.4 Å². The molecule has 1 amide bonds. The van der Waals surface area contributed by atoms with E-state index < -0.39 is 101 Å². The van der Waals surface area contributed by atoms with Gasteiger partial charge in [0.15, 0.2) is 12.0 Å². The lowest BCUT2D eigenvalue weighted by Crippen LogP contribution is -2.68. The molecule has 2 aliphatic heterocycles. The molecular formula is C20H28N2O16S. The molecule has 39 heavy (non-hydrogen) atoms. The van der Waals surface area contributed by atoms with E-state index in [1.807, 2.05) is 0 Å². The normalized spacial score (nSPS) is 35.3. The van der Waals surface area contributed by atoms with Crippen molar-refractivity contribution in [1.29, 1.82) is 0 Å². The van der Waals surface area contributed by atoms with Crippen LogP contribution in [0.3, 0.4) is 0 Å². The summed E-state index contributed by atoms with van der Waals surface area (Å²) in [6, 6.07) is 3.66. The summed E-state index contributed by atoms with van der Waals surface area (Å²) in [5.41, 5.74) is -0.475. The quantitative estimate of drug-likeness (QED) is 0.0800. The van der Waals surface area contributed by atoms with Crippen LogP contribution in [0, 0.1) is 10.1 Å². The van der Waals surface area contributed by atoms with Gasteiger partial charge in [-0.15, -0.1) is 0 Å². The lowest BCUT2D eigenvalue weighted by Gasteiger charge is -2.47. The Morgan fingerprint density at radius 3 is 2.28 bits per heavy atom. The zero-order valence-electron chi connectivity index (χ0n) is 20.1. The Morgan fingerprint density at radius 2 is 1.69 bits per heavy atom. The minimum absolute atomic E-state index is 0.301. The second-order valence-corrected chi connectivity index (χ2v) is 9.70. The van der Waals surface area contributed by atoms with Crippen molar-refractivity contribution in [1.82, 2.24) is 5.32 Å². The first kappa shape index (κ1) is 31.0. The van der Waals surface area contributed by atoms with Gasteiger partial charge in [-0.1, -0.05) is 12.1 Å². The van der Waals surface area contributed by atoms with Crippen LogP contribution in [-0.2, 0) is 33.6 Å². The molecule has 2 saturated heterocycles. The first-order valence-electron chi connectivity index (χ1n) is 11.3. The van der Waals surface area contributed by atoms with Crippen molar-refractivity contribution in [2.24, 2.45) is 0 Å². The molecule has 0 bridgehead atoms. The van der Waals surface area contributed by atoms with Crippen LogP contribution in [0.4, 0.5) is 5.69 Å². The standard InChI is InChI=1S/C20H28N2O16S/c1-8(24)21-13-18(38-20-17(28)16(27)14(25)12(37-20)7-34-39(31,32)33)15(26)11(6-23)36-19(13)35-10-5-3-2-4-9(10)22(29)30/h2-5,11-20,23,25-28H,6-7H2,1H3,(H,21,24)(H,31,32,33)/t11-,12-,13-,14-,15-,16-,17-,18+,19-,20-/m0/s1. The average Bonchev–Trinajstić information content (AvgIpc) is 2.86. The van der Waals surface area contributed by atoms with Crippen LogP contribution in [0.15, 0.2) is 24.3 Å². The Hall–Kier alpha value is -2.56. The van der Waals surface area contributed by atoms with Gasteiger partial charge >= 0.3 is 16.1 Å². The number of hydrogen-bond acceptors (Lipinski definition) is 15. The lowest BCUT2D eigenvalue weighted by atomic mass is 9.95. The van der Waals surface area contributed by atoms with E-state index in [0.29, 0.717) is 0 Å². The molecule has 10 atom stereocenters. The first-order valence-corrected chi connectivity index (χ1v) is 12.7. The molecule has 0 aliphatic carbocycles. The molecule has 2 heterocycles. The van der Waals surface area contributed by atoms with Crippen LogP contribution in [-0.4, -0.2) is 124 Å². The van der Waals surface area contributed by atoms with Gasteiger partial charge in [-0.05, 0) is 6.07 Å². The summed E-state index contributed by atoms with van der Waals surface area (Å²) in [5, 5.41) is 65.2. The minimum atomic E-state index is -4.98. The fourth-order valence-corrected chi connectivity index (χ4v) is 4.33. The van der Waals surface area contributed by atoms with Gasteiger partial charge in [-0.25, -0.2) is 4.18 Å². The topological polar surface area (TPSA) is 274 Å². The van der Waals surface area contributed by atoms with Crippen molar-refractivity contribution in [3.63, 3.8) is 0 Å². The second-order valence-electron chi connectivity index (χ2n) is 8.61. The molecule has 1 aromatic rings. The highest BCUT2D eigenvalue weighted by molar-refractivity contribution is 7.80. The molecule has 18 nitrogen and oxygen atoms in total. The third kappa shape index (κ3) is 7.55. The number of nitro benzene ring substituents is 1. The maximum absolute atomic E-state index is 12.0. The number of rotatable bonds is 10. The number of nitrogens with zero attached hydrogens (tertiary/aromatic N) is 1. The van der Waals surface area contributed by atoms with Crippen molar-refractivity contribution in [2.45, 2.75) is 68.3 Å². The maximum Gasteiger partial charge on any atom is 0.397 e. The lowest BCUT2D eigenvalue weighted by molar-refractivity contribution is -0.387. The number of carbonyl (C=O) groups excluding carboxylic acids is 1. The summed E-state index contributed by atoms with van der Waals surface area (Å²) in [4.78, 5) is 22.7. The molecule has 7 N–H and O–H groups in total. The number of nitro groups is 1. The molecule has 3 rings (SSSR count). The molecule has 0 saturated carbocycles. The zero-order chi connectivity index (χ0) is 29.1. The first-order chi connectivity index (χ1) is 18.2. The fraction of sp³-hybridized carbons (Fsp3) is 0.650. The summed E-state index contributed by atoms with van der Waals surface area (Å²) in [5.74, 6) is -1.01. The van der Waals surface area contributed by atoms with Crippen molar-refractivity contribution >= 4 is 22.0 Å². The summed E-state index contributed by atoms with van der Waals surface area (Å²) in [7, 11) is -4.98. The number of ether oxygens (including phenoxy) is 4. The average molecular weight is 585 g/mol. The molecule has 19 heteroatoms. The number of hydrogen-bond donors (Lipinski definition) is 7. The van der Waals surface area contributed by atoms with Crippen molar-refractivity contribution in [3.05, 3.63) is 34.4 Å². The maximum atomic E-state index is 12.0. The van der Waals surface area contributed by atoms with Gasteiger partial charge in [0.25, 0.3) is 0 Å². The largest absolute Gasteiger partial charge is 0.455 e. The predicted octanol–water partition coefficient (Wildman–Crippen LogP) is -3.43. The van der Waals surface area contributed by atoms with Gasteiger partial charge in [0.1, 0.15) is 48.8 Å². The number of carbonyl (C=O) groups is 1. The number of benzene rings is 1. The highest BCUT2D eigenvalue weighted by Gasteiger charge is 2.52. The molecular weight excluding hydrogens is 556 g/mol. The summed E-state index contributed by atoms with van der Waals surface area (Å²) < 4.78 is 56.9. The molecule has 220 valence electrons. The Morgan fingerprint density at radius 1 is 1.05 bits per heavy atom. The SMILES string of the molecule is CC(=O)N[C@@H]1[C@@H](Oc2ccccc2[N+](=O)[O-])O[C@@H](CO)[C@H](O)[C@@H]1O[C@@H]1O[C@@H](COS(=O)(=O)O)[C@H](O)[C@H](O)[C@@H]1O. The van der Waals surface area contributed by atoms with Gasteiger partial charge in [0, 0.05) is 13.0 Å². The van der Waals surface area contributed by atoms with Crippen LogP contribution in [0.2, 0.25) is 0 Å². The van der Waals surface area contributed by atoms with E-state index >= 15 is 0 Å². The van der Waals surface area contributed by atoms with Crippen LogP contribution in [0.25, 0.3) is 0 Å². The van der Waals surface area contributed by atoms with Gasteiger partial charge in [0.05, 0.1) is 18.1 Å². The van der Waals surface area contributed by atoms with Crippen LogP contribution < -0.4 is 10.1 Å². The number of amides is 1. The van der Waals surface area contributed by atoms with Crippen LogP contribution in [0.1, 0.15) is 6.92 Å². The molecule has 0 unspecified atom stereocenters. The Kier molecular flexibility index (Phi) is 10.1. The molecule has 0 spiro atoms. The predicted molar refractivity (Wildman–Crippen MR) is 122 cm³/mol. The monoisotopic (exact) mass is 584 g/mol. The highest BCUT2D eigenvalue weighted by Crippen LogP contribution is 2.33. The van der Waals surface area contributed by atoms with Gasteiger partial charge < -0.3 is 49.8 Å². The summed E-state index contributed by atoms with van der Waals surface area (Å²) >= 11 is 0. The third-order valence-electron chi connectivity index (χ3n) is 5.87. The van der Waals surface area contributed by atoms with E-state index in [1.165, 1.54) is 18.2 Å². The number of nitrogens with one attached hydrogen (secondary N) is 1. The summed E-state index contributed by atoms with van der Waals surface area (Å²) in [6.07, 6.45) is -16.0. The Labute approximate surface area is 220 Å². The Balaban J connectivity index is 1.92. The highest BCUT2D eigenvalue weighted by atomic mass is 32.3. The van der Waals surface area contributed by atoms with Crippen molar-refractivity contribution in [2.75, 3.05) is 13.2 Å². The number of para-hydroxylation sites is 2. The molecule has 0 radical (unpaired) electrons. The van der Waals surface area contributed by atoms with E-state index in [0.717, 1.165) is 13.0 Å². The van der Waals surface area contributed by atoms with E-state index in [4.69, 9.17) is 23.5 Å². The molecule has 0 aromatic heterocycles. The van der Waals surface area contributed by atoms with E-state index in [9.17, 15) is 48.9 Å². The van der Waals surface area contributed by atoms with Gasteiger partial charge in [0.2, 0.25) is 12.2 Å². The second kappa shape index (κ2) is 12.7.